The van der Waals surface area contributed by atoms with Crippen LogP contribution < -0.4 is 4.90 Å². The molecule has 0 aliphatic heterocycles. The van der Waals surface area contributed by atoms with Gasteiger partial charge in [0.1, 0.15) is 11.2 Å². The lowest BCUT2D eigenvalue weighted by atomic mass is 9.98. The minimum atomic E-state index is 0.897. The molecule has 3 nitrogen and oxygen atoms in total. The Bertz CT molecular complexity index is 3910. The van der Waals surface area contributed by atoms with Crippen molar-refractivity contribution < 1.29 is 4.42 Å². The molecule has 0 saturated heterocycles. The number of rotatable bonds is 9. The van der Waals surface area contributed by atoms with Gasteiger partial charge in [0.15, 0.2) is 0 Å². The van der Waals surface area contributed by atoms with Gasteiger partial charge in [0, 0.05) is 44.3 Å². The van der Waals surface area contributed by atoms with E-state index in [1.165, 1.54) is 60.8 Å². The number of para-hydroxylation sites is 3. The van der Waals surface area contributed by atoms with Crippen LogP contribution in [0.4, 0.5) is 17.1 Å². The van der Waals surface area contributed by atoms with Crippen LogP contribution in [0.25, 0.3) is 105 Å². The van der Waals surface area contributed by atoms with Crippen LogP contribution >= 0.6 is 0 Å². The van der Waals surface area contributed by atoms with E-state index in [1.807, 2.05) is 12.1 Å². The van der Waals surface area contributed by atoms with Crippen LogP contribution in [0, 0.1) is 0 Å². The average molecular weight is 881 g/mol. The summed E-state index contributed by atoms with van der Waals surface area (Å²) in [5, 5.41) is 4.80. The molecule has 13 aromatic rings. The Morgan fingerprint density at radius 1 is 0.275 bits per heavy atom. The fraction of sp³-hybridized carbons (Fsp3) is 0. The first-order chi connectivity index (χ1) is 34.2. The van der Waals surface area contributed by atoms with Crippen molar-refractivity contribution in [2.75, 3.05) is 4.90 Å². The van der Waals surface area contributed by atoms with Crippen LogP contribution in [0.2, 0.25) is 0 Å². The van der Waals surface area contributed by atoms with Gasteiger partial charge in [0.25, 0.3) is 0 Å². The van der Waals surface area contributed by atoms with Gasteiger partial charge in [-0.1, -0.05) is 194 Å². The van der Waals surface area contributed by atoms with Crippen molar-refractivity contribution in [1.82, 2.24) is 4.57 Å². The molecule has 0 amide bonds. The zero-order valence-corrected chi connectivity index (χ0v) is 37.7. The van der Waals surface area contributed by atoms with Gasteiger partial charge in [-0.05, 0) is 128 Å². The quantitative estimate of drug-likeness (QED) is 0.144. The van der Waals surface area contributed by atoms with E-state index < -0.39 is 0 Å². The van der Waals surface area contributed by atoms with Gasteiger partial charge in [-0.15, -0.1) is 0 Å². The first kappa shape index (κ1) is 40.1. The minimum Gasteiger partial charge on any atom is -0.456 e. The molecule has 11 aromatic carbocycles. The van der Waals surface area contributed by atoms with Gasteiger partial charge in [0.05, 0.1) is 11.0 Å². The molecule has 69 heavy (non-hydrogen) atoms. The molecule has 2 heterocycles. The highest BCUT2D eigenvalue weighted by molar-refractivity contribution is 6.12. The summed E-state index contributed by atoms with van der Waals surface area (Å²) >= 11 is 0. The second-order valence-electron chi connectivity index (χ2n) is 17.7. The maximum atomic E-state index is 6.26. The van der Waals surface area contributed by atoms with E-state index in [0.717, 1.165) is 61.4 Å². The van der Waals surface area contributed by atoms with E-state index in [1.54, 1.807) is 0 Å². The molecule has 0 bridgehead atoms. The van der Waals surface area contributed by atoms with Gasteiger partial charge < -0.3 is 13.9 Å². The van der Waals surface area contributed by atoms with Crippen molar-refractivity contribution in [2.45, 2.75) is 0 Å². The monoisotopic (exact) mass is 880 g/mol. The predicted molar refractivity (Wildman–Crippen MR) is 290 cm³/mol. The maximum Gasteiger partial charge on any atom is 0.136 e. The van der Waals surface area contributed by atoms with E-state index >= 15 is 0 Å². The predicted octanol–water partition coefficient (Wildman–Crippen LogP) is 18.5. The zero-order chi connectivity index (χ0) is 45.7. The summed E-state index contributed by atoms with van der Waals surface area (Å²) in [6.45, 7) is 0. The molecule has 0 fully saturated rings. The fourth-order valence-electron chi connectivity index (χ4n) is 10.2. The molecule has 2 aromatic heterocycles. The van der Waals surface area contributed by atoms with E-state index in [2.05, 4.69) is 264 Å². The van der Waals surface area contributed by atoms with Gasteiger partial charge in [0.2, 0.25) is 0 Å². The van der Waals surface area contributed by atoms with Gasteiger partial charge in [-0.25, -0.2) is 0 Å². The van der Waals surface area contributed by atoms with Crippen LogP contribution in [-0.4, -0.2) is 4.57 Å². The second kappa shape index (κ2) is 16.9. The molecule has 3 heteroatoms. The molecule has 0 atom stereocenters. The summed E-state index contributed by atoms with van der Waals surface area (Å²) in [7, 11) is 0. The van der Waals surface area contributed by atoms with Crippen molar-refractivity contribution in [3.8, 4) is 61.3 Å². The van der Waals surface area contributed by atoms with Crippen molar-refractivity contribution in [2.24, 2.45) is 0 Å². The topological polar surface area (TPSA) is 21.3 Å². The van der Waals surface area contributed by atoms with Gasteiger partial charge >= 0.3 is 0 Å². The summed E-state index contributed by atoms with van der Waals surface area (Å²) in [6, 6.07) is 96.0. The number of anilines is 3. The molecule has 0 unspecified atom stereocenters. The number of hydrogen-bond acceptors (Lipinski definition) is 2. The number of hydrogen-bond donors (Lipinski definition) is 0. The average Bonchev–Trinajstić information content (AvgIpc) is 3.98. The Labute approximate surface area is 401 Å². The molecule has 0 aliphatic carbocycles. The number of fused-ring (bicyclic) bond motifs is 6. The molecule has 0 saturated carbocycles. The minimum absolute atomic E-state index is 0.897. The molecular weight excluding hydrogens is 837 g/mol. The SMILES string of the molecule is c1ccc(-c2ccc(-c3ccc(N(c4ccc(-c5ccc(-c6cccc(-n7c8ccccc8c8ccccc87)c6)cc5)cc4)c4ccc(-c5cccc6oc7ccccc7c56)cc4)cc3)cc2)cc1. The first-order valence-electron chi connectivity index (χ1n) is 23.6. The van der Waals surface area contributed by atoms with E-state index in [9.17, 15) is 0 Å². The normalized spacial score (nSPS) is 11.5. The highest BCUT2D eigenvalue weighted by atomic mass is 16.3. The first-order valence-corrected chi connectivity index (χ1v) is 23.6. The molecule has 0 N–H and O–H groups in total. The Hall–Kier alpha value is -9.18. The largest absolute Gasteiger partial charge is 0.456 e. The van der Waals surface area contributed by atoms with E-state index in [0.29, 0.717) is 0 Å². The Morgan fingerprint density at radius 2 is 0.667 bits per heavy atom. The van der Waals surface area contributed by atoms with Crippen LogP contribution in [0.5, 0.6) is 0 Å². The van der Waals surface area contributed by atoms with E-state index in [4.69, 9.17) is 4.42 Å². The Morgan fingerprint density at radius 3 is 1.22 bits per heavy atom. The van der Waals surface area contributed by atoms with E-state index in [-0.39, 0.29) is 0 Å². The van der Waals surface area contributed by atoms with Gasteiger partial charge in [-0.3, -0.25) is 0 Å². The highest BCUT2D eigenvalue weighted by Gasteiger charge is 2.17. The highest BCUT2D eigenvalue weighted by Crippen LogP contribution is 2.41. The number of aromatic nitrogens is 1. The Kier molecular flexibility index (Phi) is 9.84. The summed E-state index contributed by atoms with van der Waals surface area (Å²) < 4.78 is 8.64. The summed E-state index contributed by atoms with van der Waals surface area (Å²) in [4.78, 5) is 2.34. The molecule has 324 valence electrons. The molecule has 0 spiro atoms. The standard InChI is InChI=1S/C66H44N2O/c1-2-12-45(13-3-1)46-24-26-47(27-25-46)49-32-38-54(39-33-49)67(56-42-36-52(37-43-56)58-19-11-23-65-66(58)61-18-6-9-22-64(61)69-65)55-40-34-50(35-41-55)48-28-30-51(31-29-48)53-14-10-15-57(44-53)68-62-20-7-4-16-59(62)60-17-5-8-21-63(60)68/h1-44H. The van der Waals surface area contributed by atoms with Crippen molar-refractivity contribution >= 4 is 60.8 Å². The number of nitrogens with zero attached hydrogens (tertiary/aromatic N) is 2. The van der Waals surface area contributed by atoms with Crippen LogP contribution in [-0.2, 0) is 0 Å². The van der Waals surface area contributed by atoms with Gasteiger partial charge in [-0.2, -0.15) is 0 Å². The molecular formula is C66H44N2O. The fourth-order valence-corrected chi connectivity index (χ4v) is 10.2. The zero-order valence-electron chi connectivity index (χ0n) is 37.7. The van der Waals surface area contributed by atoms with Crippen LogP contribution in [0.15, 0.2) is 271 Å². The lowest BCUT2D eigenvalue weighted by Crippen LogP contribution is -2.09. The number of benzene rings is 11. The Balaban J connectivity index is 0.820. The molecule has 0 radical (unpaired) electrons. The smallest absolute Gasteiger partial charge is 0.136 e. The van der Waals surface area contributed by atoms with Crippen molar-refractivity contribution in [3.05, 3.63) is 267 Å². The summed E-state index contributed by atoms with van der Waals surface area (Å²) in [5.74, 6) is 0. The third-order valence-electron chi connectivity index (χ3n) is 13.7. The van der Waals surface area contributed by atoms with Crippen molar-refractivity contribution in [3.63, 3.8) is 0 Å². The van der Waals surface area contributed by atoms with Crippen LogP contribution in [0.1, 0.15) is 0 Å². The lowest BCUT2D eigenvalue weighted by molar-refractivity contribution is 0.669. The third kappa shape index (κ3) is 7.25. The number of furan rings is 1. The summed E-state index contributed by atoms with van der Waals surface area (Å²) in [6.07, 6.45) is 0. The lowest BCUT2D eigenvalue weighted by Gasteiger charge is -2.26. The second-order valence-corrected chi connectivity index (χ2v) is 17.7. The molecule has 0 aliphatic rings. The van der Waals surface area contributed by atoms with Crippen molar-refractivity contribution in [1.29, 1.82) is 0 Å². The van der Waals surface area contributed by atoms with Crippen LogP contribution in [0.3, 0.4) is 0 Å². The summed E-state index contributed by atoms with van der Waals surface area (Å²) in [5.41, 5.74) is 20.4. The maximum absolute atomic E-state index is 6.26. The molecule has 13 rings (SSSR count). The third-order valence-corrected chi connectivity index (χ3v) is 13.7.